The molecule has 0 aromatic heterocycles. The number of sulfonamides is 1. The molecule has 1 aromatic carbocycles. The molecule has 2 aliphatic heterocycles. The quantitative estimate of drug-likeness (QED) is 0.775. The van der Waals surface area contributed by atoms with E-state index in [1.807, 2.05) is 19.9 Å². The van der Waals surface area contributed by atoms with Crippen LogP contribution in [0.3, 0.4) is 0 Å². The first-order valence-corrected chi connectivity index (χ1v) is 10.5. The predicted octanol–water partition coefficient (Wildman–Crippen LogP) is 0.942. The van der Waals surface area contributed by atoms with E-state index >= 15 is 0 Å². The van der Waals surface area contributed by atoms with Crippen molar-refractivity contribution in [1.29, 1.82) is 0 Å². The largest absolute Gasteiger partial charge is 0.379 e. The molecule has 0 N–H and O–H groups in total. The molecule has 1 aromatic rings. The highest BCUT2D eigenvalue weighted by atomic mass is 32.2. The van der Waals surface area contributed by atoms with Gasteiger partial charge >= 0.3 is 0 Å². The van der Waals surface area contributed by atoms with Crippen LogP contribution in [0, 0.1) is 13.8 Å². The van der Waals surface area contributed by atoms with Crippen molar-refractivity contribution in [3.8, 4) is 0 Å². The SMILES string of the molecule is Cc1ccc(S(=O)(=O)N2CCN(CCN3CCOCC3)CC2)cc1C. The molecule has 0 atom stereocenters. The second kappa shape index (κ2) is 8.14. The van der Waals surface area contributed by atoms with Crippen molar-refractivity contribution in [2.24, 2.45) is 0 Å². The molecule has 2 fully saturated rings. The van der Waals surface area contributed by atoms with Gasteiger partial charge in [-0.1, -0.05) is 6.07 Å². The number of rotatable bonds is 5. The Morgan fingerprint density at radius 2 is 1.48 bits per heavy atom. The van der Waals surface area contributed by atoms with Gasteiger partial charge in [0.25, 0.3) is 0 Å². The van der Waals surface area contributed by atoms with Gasteiger partial charge in [0.15, 0.2) is 0 Å². The molecular weight excluding hydrogens is 338 g/mol. The van der Waals surface area contributed by atoms with Crippen LogP contribution in [-0.2, 0) is 14.8 Å². The van der Waals surface area contributed by atoms with Crippen molar-refractivity contribution < 1.29 is 13.2 Å². The molecular formula is C18H29N3O3S. The Bertz CT molecular complexity index is 679. The van der Waals surface area contributed by atoms with E-state index in [2.05, 4.69) is 9.80 Å². The second-order valence-electron chi connectivity index (χ2n) is 6.95. The van der Waals surface area contributed by atoms with E-state index in [9.17, 15) is 8.42 Å². The zero-order valence-corrected chi connectivity index (χ0v) is 16.1. The number of benzene rings is 1. The topological polar surface area (TPSA) is 53.1 Å². The van der Waals surface area contributed by atoms with Crippen molar-refractivity contribution in [2.45, 2.75) is 18.7 Å². The van der Waals surface area contributed by atoms with Gasteiger partial charge in [-0.05, 0) is 37.1 Å². The summed E-state index contributed by atoms with van der Waals surface area (Å²) in [6, 6.07) is 5.40. The zero-order chi connectivity index (χ0) is 17.9. The Hall–Kier alpha value is -0.990. The van der Waals surface area contributed by atoms with Crippen LogP contribution < -0.4 is 0 Å². The molecule has 0 aliphatic carbocycles. The molecule has 0 unspecified atom stereocenters. The summed E-state index contributed by atoms with van der Waals surface area (Å²) in [5, 5.41) is 0. The minimum Gasteiger partial charge on any atom is -0.379 e. The van der Waals surface area contributed by atoms with E-state index in [-0.39, 0.29) is 0 Å². The predicted molar refractivity (Wildman–Crippen MR) is 98.4 cm³/mol. The number of ether oxygens (including phenoxy) is 1. The summed E-state index contributed by atoms with van der Waals surface area (Å²) in [6.45, 7) is 12.4. The summed E-state index contributed by atoms with van der Waals surface area (Å²) in [4.78, 5) is 5.20. The first kappa shape index (κ1) is 18.8. The van der Waals surface area contributed by atoms with Gasteiger partial charge in [-0.2, -0.15) is 4.31 Å². The summed E-state index contributed by atoms with van der Waals surface area (Å²) in [7, 11) is -3.38. The van der Waals surface area contributed by atoms with E-state index < -0.39 is 10.0 Å². The number of hydrogen-bond donors (Lipinski definition) is 0. The second-order valence-corrected chi connectivity index (χ2v) is 8.88. The van der Waals surface area contributed by atoms with Crippen molar-refractivity contribution in [3.05, 3.63) is 29.3 Å². The van der Waals surface area contributed by atoms with Gasteiger partial charge in [-0.3, -0.25) is 9.80 Å². The number of hydrogen-bond acceptors (Lipinski definition) is 5. The molecule has 25 heavy (non-hydrogen) atoms. The molecule has 7 heteroatoms. The number of morpholine rings is 1. The first-order valence-electron chi connectivity index (χ1n) is 9.07. The Morgan fingerprint density at radius 3 is 2.08 bits per heavy atom. The molecule has 3 rings (SSSR count). The van der Waals surface area contributed by atoms with Crippen LogP contribution in [0.4, 0.5) is 0 Å². The normalized spacial score (nSPS) is 21.5. The van der Waals surface area contributed by atoms with Gasteiger partial charge < -0.3 is 4.74 Å². The van der Waals surface area contributed by atoms with Crippen molar-refractivity contribution in [2.75, 3.05) is 65.6 Å². The zero-order valence-electron chi connectivity index (χ0n) is 15.3. The average Bonchev–Trinajstić information content (AvgIpc) is 2.63. The molecule has 0 spiro atoms. The summed E-state index contributed by atoms with van der Waals surface area (Å²) >= 11 is 0. The molecule has 0 radical (unpaired) electrons. The van der Waals surface area contributed by atoms with E-state index in [4.69, 9.17) is 4.74 Å². The third-order valence-electron chi connectivity index (χ3n) is 5.28. The van der Waals surface area contributed by atoms with E-state index in [1.54, 1.807) is 16.4 Å². The Kier molecular flexibility index (Phi) is 6.12. The van der Waals surface area contributed by atoms with Gasteiger partial charge in [0, 0.05) is 52.4 Å². The number of aryl methyl sites for hydroxylation is 2. The first-order chi connectivity index (χ1) is 12.0. The molecule has 0 amide bonds. The Morgan fingerprint density at radius 1 is 0.880 bits per heavy atom. The highest BCUT2D eigenvalue weighted by Crippen LogP contribution is 2.20. The van der Waals surface area contributed by atoms with Gasteiger partial charge in [-0.25, -0.2) is 8.42 Å². The van der Waals surface area contributed by atoms with Crippen LogP contribution in [0.5, 0.6) is 0 Å². The highest BCUT2D eigenvalue weighted by molar-refractivity contribution is 7.89. The molecule has 2 aliphatic rings. The molecule has 2 saturated heterocycles. The highest BCUT2D eigenvalue weighted by Gasteiger charge is 2.28. The minimum atomic E-state index is -3.38. The smallest absolute Gasteiger partial charge is 0.243 e. The van der Waals surface area contributed by atoms with Gasteiger partial charge in [0.1, 0.15) is 0 Å². The molecule has 140 valence electrons. The lowest BCUT2D eigenvalue weighted by Crippen LogP contribution is -2.50. The summed E-state index contributed by atoms with van der Waals surface area (Å²) in [6.07, 6.45) is 0. The fourth-order valence-electron chi connectivity index (χ4n) is 3.32. The van der Waals surface area contributed by atoms with Crippen LogP contribution in [0.2, 0.25) is 0 Å². The third kappa shape index (κ3) is 4.60. The van der Waals surface area contributed by atoms with Crippen LogP contribution >= 0.6 is 0 Å². The standard InChI is InChI=1S/C18H29N3O3S/c1-16-3-4-18(15-17(16)2)25(22,23)21-9-7-19(8-10-21)5-6-20-11-13-24-14-12-20/h3-4,15H,5-14H2,1-2H3. The van der Waals surface area contributed by atoms with Crippen LogP contribution in [0.1, 0.15) is 11.1 Å². The van der Waals surface area contributed by atoms with Crippen molar-refractivity contribution in [3.63, 3.8) is 0 Å². The fourth-order valence-corrected chi connectivity index (χ4v) is 4.83. The Balaban J connectivity index is 1.53. The lowest BCUT2D eigenvalue weighted by atomic mass is 10.1. The lowest BCUT2D eigenvalue weighted by molar-refractivity contribution is 0.0317. The van der Waals surface area contributed by atoms with Gasteiger partial charge in [0.2, 0.25) is 10.0 Å². The van der Waals surface area contributed by atoms with Crippen molar-refractivity contribution >= 4 is 10.0 Å². The van der Waals surface area contributed by atoms with E-state index in [0.29, 0.717) is 18.0 Å². The molecule has 0 bridgehead atoms. The van der Waals surface area contributed by atoms with Crippen LogP contribution in [0.25, 0.3) is 0 Å². The maximum atomic E-state index is 12.8. The van der Waals surface area contributed by atoms with Gasteiger partial charge in [-0.15, -0.1) is 0 Å². The van der Waals surface area contributed by atoms with Crippen LogP contribution in [-0.4, -0.2) is 88.1 Å². The maximum absolute atomic E-state index is 12.8. The van der Waals surface area contributed by atoms with E-state index in [0.717, 1.165) is 63.6 Å². The molecule has 0 saturated carbocycles. The monoisotopic (exact) mass is 367 g/mol. The lowest BCUT2D eigenvalue weighted by Gasteiger charge is -2.35. The average molecular weight is 368 g/mol. The summed E-state index contributed by atoms with van der Waals surface area (Å²) in [5.74, 6) is 0. The minimum absolute atomic E-state index is 0.414. The summed E-state index contributed by atoms with van der Waals surface area (Å²) in [5.41, 5.74) is 2.14. The summed E-state index contributed by atoms with van der Waals surface area (Å²) < 4.78 is 32.7. The maximum Gasteiger partial charge on any atom is 0.243 e. The Labute approximate surface area is 151 Å². The number of piperazine rings is 1. The van der Waals surface area contributed by atoms with Crippen LogP contribution in [0.15, 0.2) is 23.1 Å². The number of nitrogens with zero attached hydrogens (tertiary/aromatic N) is 3. The van der Waals surface area contributed by atoms with Gasteiger partial charge in [0.05, 0.1) is 18.1 Å². The van der Waals surface area contributed by atoms with E-state index in [1.165, 1.54) is 0 Å². The molecule has 2 heterocycles. The third-order valence-corrected chi connectivity index (χ3v) is 7.18. The molecule has 6 nitrogen and oxygen atoms in total. The van der Waals surface area contributed by atoms with Crippen molar-refractivity contribution in [1.82, 2.24) is 14.1 Å². The fraction of sp³-hybridized carbons (Fsp3) is 0.667.